The van der Waals surface area contributed by atoms with E-state index < -0.39 is 0 Å². The summed E-state index contributed by atoms with van der Waals surface area (Å²) < 4.78 is 12.5. The molecular formula is C18H20N4O3. The van der Waals surface area contributed by atoms with E-state index >= 15 is 0 Å². The highest BCUT2D eigenvalue weighted by Gasteiger charge is 2.20. The maximum absolute atomic E-state index is 12.6. The van der Waals surface area contributed by atoms with Gasteiger partial charge in [0.05, 0.1) is 6.61 Å². The van der Waals surface area contributed by atoms with Crippen molar-refractivity contribution in [2.45, 2.75) is 19.4 Å². The van der Waals surface area contributed by atoms with Crippen LogP contribution in [0.5, 0.6) is 0 Å². The average molecular weight is 340 g/mol. The van der Waals surface area contributed by atoms with Crippen LogP contribution in [0.3, 0.4) is 0 Å². The number of hydrogen-bond donors (Lipinski definition) is 1. The number of nitrogens with zero attached hydrogens (tertiary/aromatic N) is 3. The van der Waals surface area contributed by atoms with Gasteiger partial charge in [-0.2, -0.15) is 5.10 Å². The van der Waals surface area contributed by atoms with Crippen LogP contribution in [0, 0.1) is 0 Å². The number of carbonyl (C=O) groups is 1. The van der Waals surface area contributed by atoms with Crippen LogP contribution in [0.4, 0.5) is 0 Å². The maximum atomic E-state index is 12.6. The Kier molecular flexibility index (Phi) is 5.25. The van der Waals surface area contributed by atoms with Crippen LogP contribution >= 0.6 is 0 Å². The normalized spacial score (nSPS) is 12.1. The molecule has 7 nitrogen and oxygen atoms in total. The van der Waals surface area contributed by atoms with Gasteiger partial charge in [0.25, 0.3) is 5.91 Å². The van der Waals surface area contributed by atoms with E-state index in [-0.39, 0.29) is 11.9 Å². The summed E-state index contributed by atoms with van der Waals surface area (Å²) in [5, 5.41) is 7.04. The van der Waals surface area contributed by atoms with Crippen LogP contribution in [-0.2, 0) is 11.2 Å². The topological polar surface area (TPSA) is 82.2 Å². The fourth-order valence-corrected chi connectivity index (χ4v) is 2.45. The molecule has 0 unspecified atom stereocenters. The Morgan fingerprint density at radius 2 is 2.20 bits per heavy atom. The van der Waals surface area contributed by atoms with Crippen molar-refractivity contribution in [1.82, 2.24) is 20.1 Å². The number of pyridine rings is 1. The summed E-state index contributed by atoms with van der Waals surface area (Å²) in [7, 11) is 1.58. The minimum Gasteiger partial charge on any atom is -0.464 e. The predicted octanol–water partition coefficient (Wildman–Crippen LogP) is 2.54. The number of amides is 1. The molecule has 0 aliphatic rings. The second-order valence-electron chi connectivity index (χ2n) is 5.47. The zero-order chi connectivity index (χ0) is 17.6. The molecule has 1 atom stereocenters. The van der Waals surface area contributed by atoms with E-state index in [2.05, 4.69) is 15.4 Å². The second kappa shape index (κ2) is 7.76. The molecule has 1 N–H and O–H groups in total. The molecule has 1 amide bonds. The predicted molar refractivity (Wildman–Crippen MR) is 91.5 cm³/mol. The summed E-state index contributed by atoms with van der Waals surface area (Å²) in [5.74, 6) is 1.80. The van der Waals surface area contributed by atoms with Gasteiger partial charge < -0.3 is 14.5 Å². The Labute approximate surface area is 145 Å². The highest BCUT2D eigenvalue weighted by Crippen LogP contribution is 2.18. The molecule has 0 radical (unpaired) electrons. The summed E-state index contributed by atoms with van der Waals surface area (Å²) in [4.78, 5) is 17.0. The van der Waals surface area contributed by atoms with Crippen LogP contribution in [0.1, 0.15) is 35.0 Å². The lowest BCUT2D eigenvalue weighted by Gasteiger charge is -2.16. The summed E-state index contributed by atoms with van der Waals surface area (Å²) in [5.41, 5.74) is 0.302. The highest BCUT2D eigenvalue weighted by molar-refractivity contribution is 5.92. The van der Waals surface area contributed by atoms with E-state index in [9.17, 15) is 4.79 Å². The molecule has 3 aromatic rings. The van der Waals surface area contributed by atoms with Gasteiger partial charge in [-0.1, -0.05) is 13.0 Å². The number of furan rings is 1. The Bertz CT molecular complexity index is 826. The fourth-order valence-electron chi connectivity index (χ4n) is 2.45. The van der Waals surface area contributed by atoms with Gasteiger partial charge in [0.1, 0.15) is 23.3 Å². The quantitative estimate of drug-likeness (QED) is 0.715. The molecule has 0 fully saturated rings. The first-order valence-electron chi connectivity index (χ1n) is 8.06. The lowest BCUT2D eigenvalue weighted by molar-refractivity contribution is 0.0877. The van der Waals surface area contributed by atoms with E-state index in [1.54, 1.807) is 48.5 Å². The van der Waals surface area contributed by atoms with Crippen molar-refractivity contribution in [2.75, 3.05) is 13.7 Å². The molecule has 7 heteroatoms. The Morgan fingerprint density at radius 1 is 1.32 bits per heavy atom. The molecule has 130 valence electrons. The SMILES string of the molecule is CCc1ccc([C@H](COC)NC(=O)c2cccc(-n3cccn3)n2)o1. The van der Waals surface area contributed by atoms with Crippen LogP contribution in [0.15, 0.2) is 53.2 Å². The summed E-state index contributed by atoms with van der Waals surface area (Å²) in [6.45, 7) is 2.32. The Hall–Kier alpha value is -2.93. The number of nitrogens with one attached hydrogen (secondary N) is 1. The van der Waals surface area contributed by atoms with Crippen LogP contribution in [0.25, 0.3) is 5.82 Å². The zero-order valence-electron chi connectivity index (χ0n) is 14.2. The van der Waals surface area contributed by atoms with Crippen molar-refractivity contribution >= 4 is 5.91 Å². The first-order valence-corrected chi connectivity index (χ1v) is 8.06. The molecule has 0 aliphatic heterocycles. The second-order valence-corrected chi connectivity index (χ2v) is 5.47. The minimum atomic E-state index is -0.382. The van der Waals surface area contributed by atoms with E-state index in [0.717, 1.165) is 12.2 Å². The number of aryl methyl sites for hydroxylation is 1. The van der Waals surface area contributed by atoms with Crippen molar-refractivity contribution in [2.24, 2.45) is 0 Å². The van der Waals surface area contributed by atoms with Gasteiger partial charge in [0.2, 0.25) is 0 Å². The van der Waals surface area contributed by atoms with Gasteiger partial charge in [-0.05, 0) is 30.3 Å². The first-order chi connectivity index (χ1) is 12.2. The molecule has 0 spiro atoms. The molecule has 3 rings (SSSR count). The lowest BCUT2D eigenvalue weighted by atomic mass is 10.2. The molecule has 0 saturated heterocycles. The molecule has 0 aromatic carbocycles. The van der Waals surface area contributed by atoms with E-state index in [1.807, 2.05) is 19.1 Å². The summed E-state index contributed by atoms with van der Waals surface area (Å²) in [6.07, 6.45) is 4.22. The molecule has 25 heavy (non-hydrogen) atoms. The van der Waals surface area contributed by atoms with Gasteiger partial charge >= 0.3 is 0 Å². The van der Waals surface area contributed by atoms with Crippen molar-refractivity contribution in [3.05, 3.63) is 66.0 Å². The van der Waals surface area contributed by atoms with Crippen molar-refractivity contribution in [3.63, 3.8) is 0 Å². The molecule has 3 aromatic heterocycles. The number of hydrogen-bond acceptors (Lipinski definition) is 5. The van der Waals surface area contributed by atoms with Gasteiger partial charge in [-0.25, -0.2) is 9.67 Å². The molecular weight excluding hydrogens is 320 g/mol. The maximum Gasteiger partial charge on any atom is 0.270 e. The third-order valence-electron chi connectivity index (χ3n) is 3.72. The van der Waals surface area contributed by atoms with Gasteiger partial charge in [0, 0.05) is 25.9 Å². The Morgan fingerprint density at radius 3 is 2.88 bits per heavy atom. The average Bonchev–Trinajstić information content (AvgIpc) is 3.33. The van der Waals surface area contributed by atoms with Crippen molar-refractivity contribution in [1.29, 1.82) is 0 Å². The fraction of sp³-hybridized carbons (Fsp3) is 0.278. The summed E-state index contributed by atoms with van der Waals surface area (Å²) in [6, 6.07) is 10.4. The van der Waals surface area contributed by atoms with E-state index in [4.69, 9.17) is 9.15 Å². The smallest absolute Gasteiger partial charge is 0.270 e. The summed E-state index contributed by atoms with van der Waals surface area (Å²) >= 11 is 0. The van der Waals surface area contributed by atoms with Crippen LogP contribution < -0.4 is 5.32 Å². The molecule has 0 aliphatic carbocycles. The monoisotopic (exact) mass is 340 g/mol. The lowest BCUT2D eigenvalue weighted by Crippen LogP contribution is -2.31. The van der Waals surface area contributed by atoms with Crippen LogP contribution in [-0.4, -0.2) is 34.4 Å². The standard InChI is InChI=1S/C18H20N4O3/c1-3-13-8-9-16(25-13)15(12-24-2)21-18(23)14-6-4-7-17(20-14)22-11-5-10-19-22/h4-11,15H,3,12H2,1-2H3,(H,21,23)/t15-/m0/s1. The van der Waals surface area contributed by atoms with Crippen molar-refractivity contribution in [3.8, 4) is 5.82 Å². The minimum absolute atomic E-state index is 0.300. The molecule has 0 saturated carbocycles. The van der Waals surface area contributed by atoms with Gasteiger partial charge in [-0.3, -0.25) is 4.79 Å². The van der Waals surface area contributed by atoms with E-state index in [1.165, 1.54) is 0 Å². The van der Waals surface area contributed by atoms with E-state index in [0.29, 0.717) is 23.9 Å². The Balaban J connectivity index is 1.78. The third kappa shape index (κ3) is 3.95. The van der Waals surface area contributed by atoms with Gasteiger partial charge in [-0.15, -0.1) is 0 Å². The number of rotatable bonds is 7. The first kappa shape index (κ1) is 16.9. The number of carbonyl (C=O) groups excluding carboxylic acids is 1. The molecule has 3 heterocycles. The number of ether oxygens (including phenoxy) is 1. The van der Waals surface area contributed by atoms with Crippen molar-refractivity contribution < 1.29 is 13.9 Å². The third-order valence-corrected chi connectivity index (χ3v) is 3.72. The van der Waals surface area contributed by atoms with Crippen LogP contribution in [0.2, 0.25) is 0 Å². The highest BCUT2D eigenvalue weighted by atomic mass is 16.5. The number of methoxy groups -OCH3 is 1. The van der Waals surface area contributed by atoms with Gasteiger partial charge in [0.15, 0.2) is 5.82 Å². The largest absolute Gasteiger partial charge is 0.464 e. The number of aromatic nitrogens is 3. The zero-order valence-corrected chi connectivity index (χ0v) is 14.2. The molecule has 0 bridgehead atoms.